The van der Waals surface area contributed by atoms with Gasteiger partial charge in [-0.15, -0.1) is 0 Å². The van der Waals surface area contributed by atoms with Gasteiger partial charge in [0, 0.05) is 6.07 Å². The van der Waals surface area contributed by atoms with Crippen molar-refractivity contribution in [3.05, 3.63) is 65.2 Å². The first-order valence-electron chi connectivity index (χ1n) is 6.96. The number of carbonyl (C=O) groups excluding carboxylic acids is 1. The molecular weight excluding hydrogens is 324 g/mol. The van der Waals surface area contributed by atoms with E-state index in [4.69, 9.17) is 0 Å². The van der Waals surface area contributed by atoms with Crippen LogP contribution in [0.15, 0.2) is 47.4 Å². The molecule has 2 aromatic rings. The highest BCUT2D eigenvalue weighted by Crippen LogP contribution is 2.32. The van der Waals surface area contributed by atoms with Gasteiger partial charge in [-0.25, -0.2) is 17.2 Å². The molecule has 2 aromatic carbocycles. The van der Waals surface area contributed by atoms with E-state index in [0.29, 0.717) is 11.6 Å². The van der Waals surface area contributed by atoms with Gasteiger partial charge >= 0.3 is 0 Å². The average Bonchev–Trinajstić information content (AvgIpc) is 2.50. The predicted molar refractivity (Wildman–Crippen MR) is 79.7 cm³/mol. The Morgan fingerprint density at radius 3 is 2.61 bits per heavy atom. The molecule has 0 fully saturated rings. The molecule has 0 radical (unpaired) electrons. The molecule has 23 heavy (non-hydrogen) atoms. The fraction of sp³-hybridized carbons (Fsp3) is 0.188. The molecule has 1 N–H and O–H groups in total. The van der Waals surface area contributed by atoms with E-state index in [0.717, 1.165) is 12.1 Å². The predicted octanol–water partition coefficient (Wildman–Crippen LogP) is 2.61. The van der Waals surface area contributed by atoms with Gasteiger partial charge in [0.25, 0.3) is 5.91 Å². The van der Waals surface area contributed by atoms with Gasteiger partial charge in [-0.3, -0.25) is 4.79 Å². The number of nitrogens with one attached hydrogen (secondary N) is 1. The molecule has 1 amide bonds. The molecule has 7 heteroatoms. The SMILES string of the molecule is O=C(NC1CCS(=O)(=O)c2ccccc21)c1ccc(F)cc1F. The molecule has 0 aromatic heterocycles. The van der Waals surface area contributed by atoms with E-state index < -0.39 is 33.4 Å². The molecule has 1 unspecified atom stereocenters. The molecule has 3 rings (SSSR count). The molecule has 120 valence electrons. The second-order valence-electron chi connectivity index (χ2n) is 5.30. The number of hydrogen-bond acceptors (Lipinski definition) is 3. The van der Waals surface area contributed by atoms with Gasteiger partial charge in [-0.05, 0) is 30.2 Å². The summed E-state index contributed by atoms with van der Waals surface area (Å²) in [5.74, 6) is -2.53. The molecule has 4 nitrogen and oxygen atoms in total. The summed E-state index contributed by atoms with van der Waals surface area (Å²) >= 11 is 0. The molecule has 0 saturated heterocycles. The summed E-state index contributed by atoms with van der Waals surface area (Å²) in [7, 11) is -3.36. The summed E-state index contributed by atoms with van der Waals surface area (Å²) in [4.78, 5) is 12.4. The second kappa shape index (κ2) is 5.73. The first-order chi connectivity index (χ1) is 10.9. The summed E-state index contributed by atoms with van der Waals surface area (Å²) in [5, 5.41) is 2.62. The molecule has 0 spiro atoms. The third kappa shape index (κ3) is 2.96. The number of rotatable bonds is 2. The van der Waals surface area contributed by atoms with Gasteiger partial charge in [0.05, 0.1) is 22.3 Å². The fourth-order valence-electron chi connectivity index (χ4n) is 2.65. The highest BCUT2D eigenvalue weighted by molar-refractivity contribution is 7.91. The molecule has 1 aliphatic rings. The van der Waals surface area contributed by atoms with Crippen molar-refractivity contribution in [2.24, 2.45) is 0 Å². The summed E-state index contributed by atoms with van der Waals surface area (Å²) in [6.45, 7) is 0. The third-order valence-electron chi connectivity index (χ3n) is 3.79. The maximum atomic E-state index is 13.7. The van der Waals surface area contributed by atoms with Crippen LogP contribution in [0.3, 0.4) is 0 Å². The van der Waals surface area contributed by atoms with Gasteiger partial charge < -0.3 is 5.32 Å². The van der Waals surface area contributed by atoms with Gasteiger partial charge in [-0.2, -0.15) is 0 Å². The summed E-state index contributed by atoms with van der Waals surface area (Å²) in [5.41, 5.74) is 0.201. The Morgan fingerprint density at radius 2 is 1.87 bits per heavy atom. The van der Waals surface area contributed by atoms with Gasteiger partial charge in [0.2, 0.25) is 0 Å². The van der Waals surface area contributed by atoms with Crippen LogP contribution in [0.2, 0.25) is 0 Å². The molecule has 1 atom stereocenters. The number of hydrogen-bond donors (Lipinski definition) is 1. The first kappa shape index (κ1) is 15.6. The highest BCUT2D eigenvalue weighted by atomic mass is 32.2. The van der Waals surface area contributed by atoms with Crippen molar-refractivity contribution in [1.82, 2.24) is 5.32 Å². The lowest BCUT2D eigenvalue weighted by atomic mass is 10.0. The summed E-state index contributed by atoms with van der Waals surface area (Å²) in [6.07, 6.45) is 0.202. The molecule has 0 aliphatic carbocycles. The zero-order valence-electron chi connectivity index (χ0n) is 11.9. The lowest BCUT2D eigenvalue weighted by Gasteiger charge is -2.26. The van der Waals surface area contributed by atoms with Crippen LogP contribution >= 0.6 is 0 Å². The number of carbonyl (C=O) groups is 1. The van der Waals surface area contributed by atoms with E-state index in [9.17, 15) is 22.0 Å². The lowest BCUT2D eigenvalue weighted by molar-refractivity contribution is 0.0930. The Morgan fingerprint density at radius 1 is 1.13 bits per heavy atom. The van der Waals surface area contributed by atoms with Crippen molar-refractivity contribution in [2.45, 2.75) is 17.4 Å². The minimum Gasteiger partial charge on any atom is -0.345 e. The quantitative estimate of drug-likeness (QED) is 0.916. The number of amides is 1. The van der Waals surface area contributed by atoms with E-state index in [2.05, 4.69) is 5.32 Å². The highest BCUT2D eigenvalue weighted by Gasteiger charge is 2.31. The van der Waals surface area contributed by atoms with Crippen molar-refractivity contribution in [2.75, 3.05) is 5.75 Å². The van der Waals surface area contributed by atoms with Crippen molar-refractivity contribution in [1.29, 1.82) is 0 Å². The van der Waals surface area contributed by atoms with Crippen LogP contribution < -0.4 is 5.32 Å². The van der Waals surface area contributed by atoms with Crippen LogP contribution in [-0.4, -0.2) is 20.1 Å². The first-order valence-corrected chi connectivity index (χ1v) is 8.61. The van der Waals surface area contributed by atoms with E-state index in [-0.39, 0.29) is 22.6 Å². The number of fused-ring (bicyclic) bond motifs is 1. The van der Waals surface area contributed by atoms with Crippen LogP contribution in [-0.2, 0) is 9.84 Å². The molecule has 1 heterocycles. The summed E-state index contributed by atoms with van der Waals surface area (Å²) in [6, 6.07) is 8.56. The van der Waals surface area contributed by atoms with Crippen LogP contribution in [0.4, 0.5) is 8.78 Å². The van der Waals surface area contributed by atoms with Crippen molar-refractivity contribution in [3.8, 4) is 0 Å². The van der Waals surface area contributed by atoms with Crippen LogP contribution in [0, 0.1) is 11.6 Å². The standard InChI is InChI=1S/C16H13F2NO3S/c17-10-5-6-11(13(18)9-10)16(20)19-14-7-8-23(21,22)15-4-2-1-3-12(14)15/h1-6,9,14H,7-8H2,(H,19,20). The average molecular weight is 337 g/mol. The molecular formula is C16H13F2NO3S. The van der Waals surface area contributed by atoms with E-state index >= 15 is 0 Å². The van der Waals surface area contributed by atoms with Gasteiger partial charge in [0.1, 0.15) is 11.6 Å². The van der Waals surface area contributed by atoms with Crippen LogP contribution in [0.1, 0.15) is 28.4 Å². The maximum Gasteiger partial charge on any atom is 0.254 e. The topological polar surface area (TPSA) is 63.2 Å². The Kier molecular flexibility index (Phi) is 3.89. The Bertz CT molecular complexity index is 881. The molecule has 0 bridgehead atoms. The third-order valence-corrected chi connectivity index (χ3v) is 5.60. The van der Waals surface area contributed by atoms with E-state index in [1.54, 1.807) is 18.2 Å². The fourth-order valence-corrected chi connectivity index (χ4v) is 4.27. The largest absolute Gasteiger partial charge is 0.345 e. The Balaban J connectivity index is 1.90. The van der Waals surface area contributed by atoms with Crippen LogP contribution in [0.5, 0.6) is 0 Å². The number of sulfone groups is 1. The smallest absolute Gasteiger partial charge is 0.254 e. The van der Waals surface area contributed by atoms with E-state index in [1.807, 2.05) is 0 Å². The van der Waals surface area contributed by atoms with Gasteiger partial charge in [-0.1, -0.05) is 18.2 Å². The summed E-state index contributed by atoms with van der Waals surface area (Å²) < 4.78 is 50.7. The Hall–Kier alpha value is -2.28. The Labute approximate surface area is 132 Å². The van der Waals surface area contributed by atoms with Gasteiger partial charge in [0.15, 0.2) is 9.84 Å². The number of benzene rings is 2. The molecule has 1 aliphatic heterocycles. The minimum absolute atomic E-state index is 0.0964. The zero-order valence-corrected chi connectivity index (χ0v) is 12.7. The van der Waals surface area contributed by atoms with Crippen molar-refractivity contribution >= 4 is 15.7 Å². The van der Waals surface area contributed by atoms with Crippen molar-refractivity contribution < 1.29 is 22.0 Å². The second-order valence-corrected chi connectivity index (χ2v) is 7.37. The lowest BCUT2D eigenvalue weighted by Crippen LogP contribution is -2.34. The minimum atomic E-state index is -3.36. The maximum absolute atomic E-state index is 13.7. The zero-order chi connectivity index (χ0) is 16.6. The van der Waals surface area contributed by atoms with E-state index in [1.165, 1.54) is 6.07 Å². The van der Waals surface area contributed by atoms with Crippen LogP contribution in [0.25, 0.3) is 0 Å². The van der Waals surface area contributed by atoms with Crippen molar-refractivity contribution in [3.63, 3.8) is 0 Å². The number of halogens is 2. The normalized spacial score (nSPS) is 19.0. The monoisotopic (exact) mass is 337 g/mol. The molecule has 0 saturated carbocycles.